The summed E-state index contributed by atoms with van der Waals surface area (Å²) in [4.78, 5) is 11.6. The Morgan fingerprint density at radius 3 is 2.00 bits per heavy atom. The van der Waals surface area contributed by atoms with Crippen molar-refractivity contribution >= 4 is 11.6 Å². The Balaban J connectivity index is 3.24. The third kappa shape index (κ3) is 2.96. The molecule has 0 atom stereocenters. The number of halogens is 1. The lowest BCUT2D eigenvalue weighted by Crippen LogP contribution is -2.30. The van der Waals surface area contributed by atoms with E-state index in [4.69, 9.17) is 0 Å². The Bertz CT molecular complexity index is 426. The minimum atomic E-state index is -0.310. The van der Waals surface area contributed by atoms with Gasteiger partial charge in [0.05, 0.1) is 5.70 Å². The molecule has 17 heavy (non-hydrogen) atoms. The second-order valence-corrected chi connectivity index (χ2v) is 3.34. The quantitative estimate of drug-likeness (QED) is 0.675. The summed E-state index contributed by atoms with van der Waals surface area (Å²) in [5.74, 6) is -0.545. The zero-order valence-electron chi connectivity index (χ0n) is 10.1. The first-order valence-corrected chi connectivity index (χ1v) is 5.21. The predicted octanol–water partition coefficient (Wildman–Crippen LogP) is 0.679. The summed E-state index contributed by atoms with van der Waals surface area (Å²) < 4.78 is 12.8. The molecule has 0 fully saturated rings. The van der Waals surface area contributed by atoms with Crippen molar-refractivity contribution in [1.82, 2.24) is 16.0 Å². The number of amides is 1. The zero-order chi connectivity index (χ0) is 12.8. The number of rotatable bonds is 4. The Morgan fingerprint density at radius 1 is 1.00 bits per heavy atom. The average Bonchev–Trinajstić information content (AvgIpc) is 2.36. The molecule has 0 aliphatic carbocycles. The highest BCUT2D eigenvalue weighted by atomic mass is 19.1. The zero-order valence-corrected chi connectivity index (χ0v) is 10.1. The van der Waals surface area contributed by atoms with Crippen LogP contribution in [-0.2, 0) is 4.79 Å². The highest BCUT2D eigenvalue weighted by Crippen LogP contribution is 2.15. The fraction of sp³-hybridized carbons (Fsp3) is 0.250. The largest absolute Gasteiger partial charge is 0.386 e. The van der Waals surface area contributed by atoms with E-state index in [0.29, 0.717) is 11.4 Å². The smallest absolute Gasteiger partial charge is 0.269 e. The first-order valence-electron chi connectivity index (χ1n) is 5.21. The van der Waals surface area contributed by atoms with Gasteiger partial charge in [0.2, 0.25) is 0 Å². The minimum Gasteiger partial charge on any atom is -0.386 e. The summed E-state index contributed by atoms with van der Waals surface area (Å²) in [6, 6.07) is 5.93. The third-order valence-corrected chi connectivity index (χ3v) is 2.34. The van der Waals surface area contributed by atoms with Crippen LogP contribution >= 0.6 is 0 Å². The molecule has 1 aromatic carbocycles. The average molecular weight is 237 g/mol. The molecule has 3 N–H and O–H groups in total. The molecule has 0 radical (unpaired) electrons. The highest BCUT2D eigenvalue weighted by Gasteiger charge is 2.13. The van der Waals surface area contributed by atoms with Crippen LogP contribution in [0, 0.1) is 5.82 Å². The third-order valence-electron chi connectivity index (χ3n) is 2.34. The number of hydrogen-bond donors (Lipinski definition) is 3. The van der Waals surface area contributed by atoms with E-state index in [1.807, 2.05) is 0 Å². The van der Waals surface area contributed by atoms with Crippen molar-refractivity contribution in [2.24, 2.45) is 0 Å². The summed E-state index contributed by atoms with van der Waals surface area (Å²) in [7, 11) is 4.92. The van der Waals surface area contributed by atoms with E-state index in [0.717, 1.165) is 5.56 Å². The molecule has 0 aliphatic heterocycles. The van der Waals surface area contributed by atoms with Crippen LogP contribution in [0.15, 0.2) is 30.0 Å². The van der Waals surface area contributed by atoms with Crippen LogP contribution in [0.1, 0.15) is 5.56 Å². The van der Waals surface area contributed by atoms with E-state index in [2.05, 4.69) is 16.0 Å². The van der Waals surface area contributed by atoms with E-state index < -0.39 is 0 Å². The van der Waals surface area contributed by atoms with Crippen molar-refractivity contribution in [2.45, 2.75) is 0 Å². The van der Waals surface area contributed by atoms with Gasteiger partial charge in [-0.3, -0.25) is 4.79 Å². The summed E-state index contributed by atoms with van der Waals surface area (Å²) in [6.45, 7) is 0. The molecule has 0 aromatic heterocycles. The van der Waals surface area contributed by atoms with Crippen molar-refractivity contribution in [1.29, 1.82) is 0 Å². The lowest BCUT2D eigenvalue weighted by molar-refractivity contribution is -0.117. The van der Waals surface area contributed by atoms with Gasteiger partial charge in [-0.05, 0) is 24.3 Å². The molecule has 1 aromatic rings. The van der Waals surface area contributed by atoms with Gasteiger partial charge < -0.3 is 16.0 Å². The Kier molecular flexibility index (Phi) is 4.51. The first-order chi connectivity index (χ1) is 8.13. The van der Waals surface area contributed by atoms with Crippen LogP contribution in [-0.4, -0.2) is 27.1 Å². The maximum atomic E-state index is 12.8. The standard InChI is InChI=1S/C12H16FN3O/c1-14-10(11(15-2)12(17)16-3)8-4-6-9(13)7-5-8/h4-7,14-15H,1-3H3,(H,16,17)/b11-10-. The van der Waals surface area contributed by atoms with E-state index in [-0.39, 0.29) is 11.7 Å². The molecule has 4 nitrogen and oxygen atoms in total. The maximum absolute atomic E-state index is 12.8. The van der Waals surface area contributed by atoms with Crippen LogP contribution in [0.25, 0.3) is 5.70 Å². The van der Waals surface area contributed by atoms with Gasteiger partial charge in [0, 0.05) is 26.7 Å². The second kappa shape index (κ2) is 5.89. The van der Waals surface area contributed by atoms with Gasteiger partial charge in [0.1, 0.15) is 11.5 Å². The summed E-state index contributed by atoms with van der Waals surface area (Å²) >= 11 is 0. The highest BCUT2D eigenvalue weighted by molar-refractivity contribution is 6.00. The molecule has 1 rings (SSSR count). The van der Waals surface area contributed by atoms with Crippen molar-refractivity contribution in [3.05, 3.63) is 41.3 Å². The number of hydrogen-bond acceptors (Lipinski definition) is 3. The minimum absolute atomic E-state index is 0.235. The van der Waals surface area contributed by atoms with E-state index >= 15 is 0 Å². The molecule has 0 bridgehead atoms. The predicted molar refractivity (Wildman–Crippen MR) is 65.5 cm³/mol. The Morgan fingerprint density at radius 2 is 1.59 bits per heavy atom. The molecule has 0 aliphatic rings. The molecule has 92 valence electrons. The molecule has 0 saturated heterocycles. The number of carbonyl (C=O) groups excluding carboxylic acids is 1. The summed E-state index contributed by atoms with van der Waals surface area (Å²) in [5, 5.41) is 8.30. The van der Waals surface area contributed by atoms with Gasteiger partial charge in [-0.1, -0.05) is 0 Å². The van der Waals surface area contributed by atoms with Crippen LogP contribution in [0.2, 0.25) is 0 Å². The topological polar surface area (TPSA) is 53.2 Å². The van der Waals surface area contributed by atoms with Gasteiger partial charge in [-0.15, -0.1) is 0 Å². The molecule has 0 heterocycles. The fourth-order valence-electron chi connectivity index (χ4n) is 1.51. The van der Waals surface area contributed by atoms with Gasteiger partial charge in [0.25, 0.3) is 5.91 Å². The van der Waals surface area contributed by atoms with Crippen molar-refractivity contribution in [2.75, 3.05) is 21.1 Å². The van der Waals surface area contributed by atoms with E-state index in [9.17, 15) is 9.18 Å². The molecule has 0 unspecified atom stereocenters. The van der Waals surface area contributed by atoms with Gasteiger partial charge in [-0.25, -0.2) is 4.39 Å². The van der Waals surface area contributed by atoms with Crippen molar-refractivity contribution in [3.63, 3.8) is 0 Å². The maximum Gasteiger partial charge on any atom is 0.269 e. The molecular weight excluding hydrogens is 221 g/mol. The van der Waals surface area contributed by atoms with Gasteiger partial charge in [-0.2, -0.15) is 0 Å². The van der Waals surface area contributed by atoms with Crippen molar-refractivity contribution < 1.29 is 9.18 Å². The number of benzene rings is 1. The SMILES string of the molecule is CNC(=O)/C(NC)=C(/NC)c1ccc(F)cc1. The molecule has 5 heteroatoms. The summed E-state index contributed by atoms with van der Waals surface area (Å²) in [6.07, 6.45) is 0. The summed E-state index contributed by atoms with van der Waals surface area (Å²) in [5.41, 5.74) is 1.76. The number of likely N-dealkylation sites (N-methyl/N-ethyl adjacent to an activating group) is 2. The van der Waals surface area contributed by atoms with Crippen LogP contribution in [0.5, 0.6) is 0 Å². The molecule has 1 amide bonds. The second-order valence-electron chi connectivity index (χ2n) is 3.34. The van der Waals surface area contributed by atoms with Gasteiger partial charge >= 0.3 is 0 Å². The van der Waals surface area contributed by atoms with E-state index in [1.54, 1.807) is 33.3 Å². The van der Waals surface area contributed by atoms with Gasteiger partial charge in [0.15, 0.2) is 0 Å². The first kappa shape index (κ1) is 13.0. The normalized spacial score (nSPS) is 11.5. The lowest BCUT2D eigenvalue weighted by atomic mass is 10.1. The fourth-order valence-corrected chi connectivity index (χ4v) is 1.51. The van der Waals surface area contributed by atoms with Crippen LogP contribution in [0.3, 0.4) is 0 Å². The Hall–Kier alpha value is -2.04. The molecule has 0 spiro atoms. The monoisotopic (exact) mass is 237 g/mol. The molecule has 0 saturated carbocycles. The van der Waals surface area contributed by atoms with Crippen LogP contribution in [0.4, 0.5) is 4.39 Å². The molecular formula is C12H16FN3O. The lowest BCUT2D eigenvalue weighted by Gasteiger charge is -2.14. The van der Waals surface area contributed by atoms with Crippen LogP contribution < -0.4 is 16.0 Å². The number of carbonyl (C=O) groups is 1. The van der Waals surface area contributed by atoms with Crippen molar-refractivity contribution in [3.8, 4) is 0 Å². The Labute approximate surface area is 99.9 Å². The number of nitrogens with one attached hydrogen (secondary N) is 3. The van der Waals surface area contributed by atoms with E-state index in [1.165, 1.54) is 12.1 Å².